The monoisotopic (exact) mass is 371 g/mol. The van der Waals surface area contributed by atoms with Gasteiger partial charge in [-0.1, -0.05) is 20.8 Å². The predicted molar refractivity (Wildman–Crippen MR) is 84.7 cm³/mol. The van der Waals surface area contributed by atoms with Crippen molar-refractivity contribution in [3.8, 4) is 5.82 Å². The number of nitrogens with one attached hydrogen (secondary N) is 1. The standard InChI is InChI=1S/C13H18IN5/c1-5-15-10-6-11(19-8-9(14)7-16-19)18-12(17-10)13(2,3)4/h6-8H,5H2,1-4H3,(H,15,17,18). The first-order chi connectivity index (χ1) is 8.90. The largest absolute Gasteiger partial charge is 0.370 e. The molecule has 2 aromatic rings. The molecule has 2 rings (SSSR count). The van der Waals surface area contributed by atoms with Gasteiger partial charge in [-0.25, -0.2) is 14.6 Å². The van der Waals surface area contributed by atoms with Crippen molar-refractivity contribution in [2.75, 3.05) is 11.9 Å². The number of rotatable bonds is 3. The van der Waals surface area contributed by atoms with Gasteiger partial charge in [0.25, 0.3) is 0 Å². The average molecular weight is 371 g/mol. The van der Waals surface area contributed by atoms with Gasteiger partial charge in [0.05, 0.1) is 9.77 Å². The van der Waals surface area contributed by atoms with Gasteiger partial charge >= 0.3 is 0 Å². The smallest absolute Gasteiger partial charge is 0.159 e. The Morgan fingerprint density at radius 3 is 2.58 bits per heavy atom. The van der Waals surface area contributed by atoms with Crippen molar-refractivity contribution < 1.29 is 0 Å². The lowest BCUT2D eigenvalue weighted by Crippen LogP contribution is -2.19. The van der Waals surface area contributed by atoms with Gasteiger partial charge in [0.1, 0.15) is 11.6 Å². The van der Waals surface area contributed by atoms with Crippen LogP contribution < -0.4 is 5.32 Å². The second-order valence-electron chi connectivity index (χ2n) is 5.32. The third-order valence-corrected chi connectivity index (χ3v) is 3.08. The Morgan fingerprint density at radius 2 is 2.05 bits per heavy atom. The second kappa shape index (κ2) is 5.44. The lowest BCUT2D eigenvalue weighted by molar-refractivity contribution is 0.542. The van der Waals surface area contributed by atoms with Gasteiger partial charge in [-0.2, -0.15) is 5.10 Å². The fourth-order valence-corrected chi connectivity index (χ4v) is 1.97. The first-order valence-corrected chi connectivity index (χ1v) is 7.32. The molecule has 2 aromatic heterocycles. The highest BCUT2D eigenvalue weighted by atomic mass is 127. The van der Waals surface area contributed by atoms with Crippen LogP contribution in [0.4, 0.5) is 5.82 Å². The summed E-state index contributed by atoms with van der Waals surface area (Å²) in [4.78, 5) is 9.18. The Labute approximate surface area is 127 Å². The summed E-state index contributed by atoms with van der Waals surface area (Å²) < 4.78 is 2.86. The van der Waals surface area contributed by atoms with Crippen LogP contribution in [0.2, 0.25) is 0 Å². The van der Waals surface area contributed by atoms with Crippen LogP contribution in [-0.4, -0.2) is 26.3 Å². The molecule has 0 saturated heterocycles. The van der Waals surface area contributed by atoms with E-state index >= 15 is 0 Å². The van der Waals surface area contributed by atoms with E-state index in [-0.39, 0.29) is 5.41 Å². The van der Waals surface area contributed by atoms with E-state index in [0.717, 1.165) is 27.6 Å². The number of nitrogens with zero attached hydrogens (tertiary/aromatic N) is 4. The zero-order valence-corrected chi connectivity index (χ0v) is 13.8. The molecule has 0 saturated carbocycles. The van der Waals surface area contributed by atoms with Crippen molar-refractivity contribution >= 4 is 28.4 Å². The SMILES string of the molecule is CCNc1cc(-n2cc(I)cn2)nc(C(C)(C)C)n1. The average Bonchev–Trinajstić information content (AvgIpc) is 2.75. The van der Waals surface area contributed by atoms with E-state index in [0.29, 0.717) is 0 Å². The molecule has 6 heteroatoms. The van der Waals surface area contributed by atoms with Crippen LogP contribution in [0.3, 0.4) is 0 Å². The Balaban J connectivity index is 2.51. The van der Waals surface area contributed by atoms with Gasteiger partial charge < -0.3 is 5.32 Å². The maximum atomic E-state index is 4.62. The third-order valence-electron chi connectivity index (χ3n) is 2.53. The predicted octanol–water partition coefficient (Wildman–Crippen LogP) is 3.00. The molecular formula is C13H18IN5. The highest BCUT2D eigenvalue weighted by Gasteiger charge is 2.19. The molecule has 0 aliphatic carbocycles. The maximum Gasteiger partial charge on any atom is 0.159 e. The summed E-state index contributed by atoms with van der Waals surface area (Å²) in [5, 5.41) is 7.54. The number of hydrogen-bond acceptors (Lipinski definition) is 4. The highest BCUT2D eigenvalue weighted by Crippen LogP contribution is 2.22. The molecule has 2 heterocycles. The van der Waals surface area contributed by atoms with Crippen LogP contribution in [0.15, 0.2) is 18.5 Å². The molecule has 0 amide bonds. The van der Waals surface area contributed by atoms with E-state index < -0.39 is 0 Å². The zero-order chi connectivity index (χ0) is 14.0. The van der Waals surface area contributed by atoms with Gasteiger partial charge in [-0.15, -0.1) is 0 Å². The molecule has 1 N–H and O–H groups in total. The van der Waals surface area contributed by atoms with Crippen molar-refractivity contribution in [3.63, 3.8) is 0 Å². The third kappa shape index (κ3) is 3.43. The van der Waals surface area contributed by atoms with E-state index in [1.165, 1.54) is 0 Å². The first kappa shape index (κ1) is 14.2. The van der Waals surface area contributed by atoms with Crippen LogP contribution >= 0.6 is 22.6 Å². The van der Waals surface area contributed by atoms with Crippen molar-refractivity contribution in [1.82, 2.24) is 19.7 Å². The summed E-state index contributed by atoms with van der Waals surface area (Å²) in [6.45, 7) is 9.20. The number of aromatic nitrogens is 4. The van der Waals surface area contributed by atoms with E-state index in [2.05, 4.69) is 70.7 Å². The van der Waals surface area contributed by atoms with E-state index in [1.807, 2.05) is 18.5 Å². The number of hydrogen-bond donors (Lipinski definition) is 1. The van der Waals surface area contributed by atoms with E-state index in [4.69, 9.17) is 0 Å². The van der Waals surface area contributed by atoms with Gasteiger partial charge in [0.15, 0.2) is 5.82 Å². The molecule has 0 spiro atoms. The summed E-state index contributed by atoms with van der Waals surface area (Å²) in [5.74, 6) is 2.44. The summed E-state index contributed by atoms with van der Waals surface area (Å²) in [7, 11) is 0. The van der Waals surface area contributed by atoms with Crippen LogP contribution in [0.5, 0.6) is 0 Å². The van der Waals surface area contributed by atoms with Crippen LogP contribution in [0, 0.1) is 3.57 Å². The minimum Gasteiger partial charge on any atom is -0.370 e. The van der Waals surface area contributed by atoms with Crippen LogP contribution in [0.25, 0.3) is 5.82 Å². The van der Waals surface area contributed by atoms with E-state index in [9.17, 15) is 0 Å². The Morgan fingerprint density at radius 1 is 1.32 bits per heavy atom. The first-order valence-electron chi connectivity index (χ1n) is 6.24. The summed E-state index contributed by atoms with van der Waals surface area (Å²) in [5.41, 5.74) is -0.0967. The molecule has 0 unspecified atom stereocenters. The number of anilines is 1. The normalized spacial score (nSPS) is 11.6. The number of halogens is 1. The molecule has 0 aliphatic heterocycles. The van der Waals surface area contributed by atoms with Gasteiger partial charge in [0.2, 0.25) is 0 Å². The molecule has 0 radical (unpaired) electrons. The second-order valence-corrected chi connectivity index (χ2v) is 6.56. The molecule has 0 aliphatic rings. The fraction of sp³-hybridized carbons (Fsp3) is 0.462. The van der Waals surface area contributed by atoms with Crippen molar-refractivity contribution in [2.45, 2.75) is 33.1 Å². The molecule has 0 atom stereocenters. The molecule has 0 fully saturated rings. The molecule has 0 bridgehead atoms. The Bertz CT molecular complexity index is 571. The van der Waals surface area contributed by atoms with Crippen molar-refractivity contribution in [3.05, 3.63) is 27.9 Å². The minimum atomic E-state index is -0.0967. The molecular weight excluding hydrogens is 353 g/mol. The van der Waals surface area contributed by atoms with Crippen molar-refractivity contribution in [1.29, 1.82) is 0 Å². The van der Waals surface area contributed by atoms with E-state index in [1.54, 1.807) is 4.68 Å². The van der Waals surface area contributed by atoms with Crippen LogP contribution in [0.1, 0.15) is 33.5 Å². The minimum absolute atomic E-state index is 0.0967. The van der Waals surface area contributed by atoms with Gasteiger partial charge in [0, 0.05) is 24.2 Å². The Hall–Kier alpha value is -1.18. The van der Waals surface area contributed by atoms with Crippen LogP contribution in [-0.2, 0) is 5.41 Å². The highest BCUT2D eigenvalue weighted by molar-refractivity contribution is 14.1. The molecule has 5 nitrogen and oxygen atoms in total. The lowest BCUT2D eigenvalue weighted by atomic mass is 9.96. The quantitative estimate of drug-likeness (QED) is 0.843. The van der Waals surface area contributed by atoms with Gasteiger partial charge in [-0.3, -0.25) is 0 Å². The lowest BCUT2D eigenvalue weighted by Gasteiger charge is -2.18. The summed E-state index contributed by atoms with van der Waals surface area (Å²) >= 11 is 2.24. The van der Waals surface area contributed by atoms with Gasteiger partial charge in [-0.05, 0) is 29.5 Å². The molecule has 102 valence electrons. The fourth-order valence-electron chi connectivity index (χ4n) is 1.59. The van der Waals surface area contributed by atoms with Crippen molar-refractivity contribution in [2.24, 2.45) is 0 Å². The molecule has 19 heavy (non-hydrogen) atoms. The maximum absolute atomic E-state index is 4.62. The summed E-state index contributed by atoms with van der Waals surface area (Å²) in [6, 6.07) is 1.92. The summed E-state index contributed by atoms with van der Waals surface area (Å²) in [6.07, 6.45) is 3.76. The molecule has 0 aromatic carbocycles. The zero-order valence-electron chi connectivity index (χ0n) is 11.6. The topological polar surface area (TPSA) is 55.6 Å². The Kier molecular flexibility index (Phi) is 4.07.